The molecule has 1 aromatic carbocycles. The number of benzene rings is 1. The van der Waals surface area contributed by atoms with E-state index in [-0.39, 0.29) is 24.4 Å². The van der Waals surface area contributed by atoms with Gasteiger partial charge in [-0.3, -0.25) is 9.59 Å². The number of rotatable bonds is 7. The van der Waals surface area contributed by atoms with Gasteiger partial charge in [-0.05, 0) is 24.8 Å². The zero-order valence-electron chi connectivity index (χ0n) is 12.7. The molecule has 0 aliphatic heterocycles. The molecule has 1 atom stereocenters. The lowest BCUT2D eigenvalue weighted by molar-refractivity contribution is -0.149. The molecule has 118 valence electrons. The summed E-state index contributed by atoms with van der Waals surface area (Å²) >= 11 is 0. The van der Waals surface area contributed by atoms with Crippen molar-refractivity contribution < 1.29 is 19.1 Å². The zero-order chi connectivity index (χ0) is 15.8. The lowest BCUT2D eigenvalue weighted by Crippen LogP contribution is -2.28. The molecule has 1 amide bonds. The highest BCUT2D eigenvalue weighted by Crippen LogP contribution is 2.20. The molecule has 22 heavy (non-hydrogen) atoms. The van der Waals surface area contributed by atoms with Gasteiger partial charge < -0.3 is 14.8 Å². The molecule has 1 aromatic rings. The molecule has 0 saturated carbocycles. The SMILES string of the molecule is COc1ccccc1CNC(=O)COC(=O)C[C@@H]1C=CCC1. The Morgan fingerprint density at radius 2 is 2.14 bits per heavy atom. The van der Waals surface area contributed by atoms with Gasteiger partial charge in [0.2, 0.25) is 0 Å². The molecule has 0 saturated heterocycles. The molecule has 0 bridgehead atoms. The first-order valence-electron chi connectivity index (χ1n) is 7.40. The minimum atomic E-state index is -0.330. The number of para-hydroxylation sites is 1. The first-order valence-corrected chi connectivity index (χ1v) is 7.40. The van der Waals surface area contributed by atoms with E-state index < -0.39 is 0 Å². The average Bonchev–Trinajstić information content (AvgIpc) is 3.04. The summed E-state index contributed by atoms with van der Waals surface area (Å²) in [6.07, 6.45) is 6.43. The Morgan fingerprint density at radius 1 is 1.32 bits per heavy atom. The summed E-state index contributed by atoms with van der Waals surface area (Å²) < 4.78 is 10.2. The van der Waals surface area contributed by atoms with Crippen LogP contribution in [0.25, 0.3) is 0 Å². The molecular formula is C17H21NO4. The second-order valence-electron chi connectivity index (χ2n) is 5.22. The Bertz CT molecular complexity index is 553. The van der Waals surface area contributed by atoms with Gasteiger partial charge in [0.15, 0.2) is 6.61 Å². The normalized spacial score (nSPS) is 16.3. The first kappa shape index (κ1) is 16.1. The van der Waals surface area contributed by atoms with Gasteiger partial charge >= 0.3 is 5.97 Å². The highest BCUT2D eigenvalue weighted by molar-refractivity contribution is 5.80. The molecule has 2 rings (SSSR count). The Kier molecular flexibility index (Phi) is 6.01. The Balaban J connectivity index is 1.69. The van der Waals surface area contributed by atoms with Crippen molar-refractivity contribution in [2.24, 2.45) is 5.92 Å². The van der Waals surface area contributed by atoms with Crippen molar-refractivity contribution in [1.29, 1.82) is 0 Å². The summed E-state index contributed by atoms with van der Waals surface area (Å²) in [6, 6.07) is 7.44. The van der Waals surface area contributed by atoms with Gasteiger partial charge in [0, 0.05) is 12.1 Å². The van der Waals surface area contributed by atoms with Crippen LogP contribution in [0.2, 0.25) is 0 Å². The molecule has 0 radical (unpaired) electrons. The van der Waals surface area contributed by atoms with Crippen LogP contribution in [0.5, 0.6) is 5.75 Å². The summed E-state index contributed by atoms with van der Waals surface area (Å²) in [7, 11) is 1.58. The van der Waals surface area contributed by atoms with Crippen LogP contribution in [-0.2, 0) is 20.9 Å². The molecular weight excluding hydrogens is 282 g/mol. The topological polar surface area (TPSA) is 64.6 Å². The summed E-state index contributed by atoms with van der Waals surface area (Å²) in [5.74, 6) is 0.321. The van der Waals surface area contributed by atoms with Crippen LogP contribution in [0.3, 0.4) is 0 Å². The minimum absolute atomic E-state index is 0.246. The van der Waals surface area contributed by atoms with E-state index in [1.54, 1.807) is 7.11 Å². The number of carbonyl (C=O) groups excluding carboxylic acids is 2. The monoisotopic (exact) mass is 303 g/mol. The van der Waals surface area contributed by atoms with Gasteiger partial charge in [-0.15, -0.1) is 0 Å². The van der Waals surface area contributed by atoms with E-state index in [9.17, 15) is 9.59 Å². The first-order chi connectivity index (χ1) is 10.7. The Hall–Kier alpha value is -2.30. The van der Waals surface area contributed by atoms with E-state index >= 15 is 0 Å². The van der Waals surface area contributed by atoms with Crippen LogP contribution < -0.4 is 10.1 Å². The fourth-order valence-corrected chi connectivity index (χ4v) is 2.38. The number of carbonyl (C=O) groups is 2. The molecule has 1 aliphatic carbocycles. The van der Waals surface area contributed by atoms with Crippen molar-refractivity contribution >= 4 is 11.9 Å². The maximum atomic E-state index is 11.7. The average molecular weight is 303 g/mol. The van der Waals surface area contributed by atoms with Crippen molar-refractivity contribution in [2.45, 2.75) is 25.8 Å². The van der Waals surface area contributed by atoms with E-state index in [1.807, 2.05) is 30.3 Å². The summed E-state index contributed by atoms with van der Waals surface area (Å²) in [5.41, 5.74) is 0.876. The molecule has 5 nitrogen and oxygen atoms in total. The number of amides is 1. The highest BCUT2D eigenvalue weighted by Gasteiger charge is 2.16. The largest absolute Gasteiger partial charge is 0.496 e. The number of allylic oxidation sites excluding steroid dienone is 2. The van der Waals surface area contributed by atoms with Crippen molar-refractivity contribution in [1.82, 2.24) is 5.32 Å². The van der Waals surface area contributed by atoms with Gasteiger partial charge in [0.25, 0.3) is 5.91 Å². The van der Waals surface area contributed by atoms with Crippen molar-refractivity contribution in [3.8, 4) is 5.75 Å². The van der Waals surface area contributed by atoms with E-state index in [0.717, 1.165) is 18.4 Å². The van der Waals surface area contributed by atoms with Gasteiger partial charge in [0.05, 0.1) is 13.5 Å². The van der Waals surface area contributed by atoms with Crippen LogP contribution in [0.15, 0.2) is 36.4 Å². The summed E-state index contributed by atoms with van der Waals surface area (Å²) in [5, 5.41) is 2.71. The van der Waals surface area contributed by atoms with Crippen LogP contribution in [0.1, 0.15) is 24.8 Å². The second-order valence-corrected chi connectivity index (χ2v) is 5.22. The lowest BCUT2D eigenvalue weighted by atomic mass is 10.1. The fraction of sp³-hybridized carbons (Fsp3) is 0.412. The fourth-order valence-electron chi connectivity index (χ4n) is 2.38. The van der Waals surface area contributed by atoms with E-state index in [2.05, 4.69) is 11.4 Å². The van der Waals surface area contributed by atoms with Crippen LogP contribution in [0.4, 0.5) is 0 Å². The summed E-state index contributed by atoms with van der Waals surface area (Å²) in [4.78, 5) is 23.3. The second kappa shape index (κ2) is 8.22. The quantitative estimate of drug-likeness (QED) is 0.619. The molecule has 0 fully saturated rings. The van der Waals surface area contributed by atoms with Gasteiger partial charge in [0.1, 0.15) is 5.75 Å². The molecule has 1 aliphatic rings. The van der Waals surface area contributed by atoms with Crippen molar-refractivity contribution in [2.75, 3.05) is 13.7 Å². The van der Waals surface area contributed by atoms with Gasteiger partial charge in [-0.2, -0.15) is 0 Å². The molecule has 0 heterocycles. The van der Waals surface area contributed by atoms with E-state index in [1.165, 1.54) is 0 Å². The molecule has 0 aromatic heterocycles. The third-order valence-electron chi connectivity index (χ3n) is 3.57. The molecule has 0 spiro atoms. The number of nitrogens with one attached hydrogen (secondary N) is 1. The molecule has 1 N–H and O–H groups in total. The van der Waals surface area contributed by atoms with Crippen LogP contribution in [-0.4, -0.2) is 25.6 Å². The predicted molar refractivity (Wildman–Crippen MR) is 82.3 cm³/mol. The van der Waals surface area contributed by atoms with E-state index in [0.29, 0.717) is 18.7 Å². The van der Waals surface area contributed by atoms with Gasteiger partial charge in [-0.25, -0.2) is 0 Å². The van der Waals surface area contributed by atoms with Crippen molar-refractivity contribution in [3.63, 3.8) is 0 Å². The number of hydrogen-bond donors (Lipinski definition) is 1. The van der Waals surface area contributed by atoms with E-state index in [4.69, 9.17) is 9.47 Å². The molecule has 0 unspecified atom stereocenters. The number of methoxy groups -OCH3 is 1. The third-order valence-corrected chi connectivity index (χ3v) is 3.57. The standard InChI is InChI=1S/C17H21NO4/c1-21-15-9-5-4-8-14(15)11-18-16(19)12-22-17(20)10-13-6-2-3-7-13/h2,4-6,8-9,13H,3,7,10-12H2,1H3,(H,18,19)/t13-/m1/s1. The Morgan fingerprint density at radius 3 is 2.86 bits per heavy atom. The highest BCUT2D eigenvalue weighted by atomic mass is 16.5. The Labute approximate surface area is 130 Å². The summed E-state index contributed by atoms with van der Waals surface area (Å²) in [6.45, 7) is 0.0934. The molecule has 5 heteroatoms. The minimum Gasteiger partial charge on any atom is -0.496 e. The zero-order valence-corrected chi connectivity index (χ0v) is 12.7. The third kappa shape index (κ3) is 4.91. The maximum absolute atomic E-state index is 11.7. The smallest absolute Gasteiger partial charge is 0.306 e. The van der Waals surface area contributed by atoms with Crippen LogP contribution in [0, 0.1) is 5.92 Å². The number of ether oxygens (including phenoxy) is 2. The number of esters is 1. The maximum Gasteiger partial charge on any atom is 0.306 e. The number of hydrogen-bond acceptors (Lipinski definition) is 4. The van der Waals surface area contributed by atoms with Crippen molar-refractivity contribution in [3.05, 3.63) is 42.0 Å². The predicted octanol–water partition coefficient (Wildman–Crippen LogP) is 2.21. The lowest BCUT2D eigenvalue weighted by Gasteiger charge is -2.10. The van der Waals surface area contributed by atoms with Gasteiger partial charge in [-0.1, -0.05) is 30.4 Å². The van der Waals surface area contributed by atoms with Crippen LogP contribution >= 0.6 is 0 Å².